The van der Waals surface area contributed by atoms with E-state index in [1.807, 2.05) is 0 Å². The van der Waals surface area contributed by atoms with E-state index in [0.717, 1.165) is 25.0 Å². The van der Waals surface area contributed by atoms with Gasteiger partial charge in [0.15, 0.2) is 11.8 Å². The van der Waals surface area contributed by atoms with E-state index in [1.165, 1.54) is 12.8 Å². The van der Waals surface area contributed by atoms with Crippen LogP contribution in [-0.2, 0) is 12.0 Å². The van der Waals surface area contributed by atoms with Crippen molar-refractivity contribution in [1.82, 2.24) is 20.8 Å². The maximum Gasteiger partial charge on any atom is 0.232 e. The standard InChI is InChI=1S/C14H25N5O/c1-5-15-13(16-8-10-6-7-10)17-9-11-18-12(20-19-11)14(2,3)4/h10H,5-9H2,1-4H3,(H2,15,16,17). The summed E-state index contributed by atoms with van der Waals surface area (Å²) < 4.78 is 5.26. The minimum Gasteiger partial charge on any atom is -0.357 e. The van der Waals surface area contributed by atoms with E-state index >= 15 is 0 Å². The molecule has 6 nitrogen and oxygen atoms in total. The van der Waals surface area contributed by atoms with Crippen LogP contribution in [0, 0.1) is 5.92 Å². The molecule has 2 N–H and O–H groups in total. The summed E-state index contributed by atoms with van der Waals surface area (Å²) >= 11 is 0. The van der Waals surface area contributed by atoms with Gasteiger partial charge in [0, 0.05) is 18.5 Å². The summed E-state index contributed by atoms with van der Waals surface area (Å²) in [5.41, 5.74) is -0.121. The molecular formula is C14H25N5O. The van der Waals surface area contributed by atoms with Crippen molar-refractivity contribution in [2.75, 3.05) is 13.1 Å². The Labute approximate surface area is 120 Å². The van der Waals surface area contributed by atoms with Crippen LogP contribution >= 0.6 is 0 Å². The zero-order valence-corrected chi connectivity index (χ0v) is 12.9. The summed E-state index contributed by atoms with van der Waals surface area (Å²) in [5, 5.41) is 10.5. The molecule has 0 unspecified atom stereocenters. The summed E-state index contributed by atoms with van der Waals surface area (Å²) in [6, 6.07) is 0. The predicted octanol–water partition coefficient (Wildman–Crippen LogP) is 1.83. The molecule has 1 aromatic rings. The van der Waals surface area contributed by atoms with Crippen molar-refractivity contribution >= 4 is 5.96 Å². The molecule has 1 fully saturated rings. The van der Waals surface area contributed by atoms with Crippen molar-refractivity contribution < 1.29 is 4.52 Å². The molecule has 0 saturated heterocycles. The molecule has 1 saturated carbocycles. The number of nitrogens with one attached hydrogen (secondary N) is 2. The Morgan fingerprint density at radius 1 is 1.35 bits per heavy atom. The molecule has 6 heteroatoms. The molecule has 0 aliphatic heterocycles. The highest BCUT2D eigenvalue weighted by atomic mass is 16.5. The quantitative estimate of drug-likeness (QED) is 0.635. The van der Waals surface area contributed by atoms with Crippen LogP contribution in [0.3, 0.4) is 0 Å². The highest BCUT2D eigenvalue weighted by Gasteiger charge is 2.22. The molecule has 1 heterocycles. The van der Waals surface area contributed by atoms with Crippen molar-refractivity contribution in [2.45, 2.75) is 52.5 Å². The lowest BCUT2D eigenvalue weighted by Gasteiger charge is -2.10. The van der Waals surface area contributed by atoms with E-state index in [-0.39, 0.29) is 5.41 Å². The fraction of sp³-hybridized carbons (Fsp3) is 0.786. The number of hydrogen-bond acceptors (Lipinski definition) is 4. The molecule has 0 spiro atoms. The third-order valence-corrected chi connectivity index (χ3v) is 3.09. The van der Waals surface area contributed by atoms with Gasteiger partial charge in [-0.05, 0) is 25.7 Å². The molecule has 1 aliphatic carbocycles. The van der Waals surface area contributed by atoms with Crippen molar-refractivity contribution in [3.05, 3.63) is 11.7 Å². The van der Waals surface area contributed by atoms with Gasteiger partial charge < -0.3 is 15.2 Å². The van der Waals surface area contributed by atoms with Crippen LogP contribution in [0.4, 0.5) is 0 Å². The van der Waals surface area contributed by atoms with Crippen molar-refractivity contribution in [3.8, 4) is 0 Å². The molecule has 0 radical (unpaired) electrons. The van der Waals surface area contributed by atoms with Gasteiger partial charge in [0.05, 0.1) is 0 Å². The first-order valence-corrected chi connectivity index (χ1v) is 7.34. The fourth-order valence-corrected chi connectivity index (χ4v) is 1.68. The second-order valence-corrected chi connectivity index (χ2v) is 6.29. The van der Waals surface area contributed by atoms with E-state index in [2.05, 4.69) is 53.5 Å². The van der Waals surface area contributed by atoms with Crippen LogP contribution in [0.2, 0.25) is 0 Å². The second kappa shape index (κ2) is 6.24. The van der Waals surface area contributed by atoms with Gasteiger partial charge in [0.2, 0.25) is 5.89 Å². The minimum absolute atomic E-state index is 0.121. The lowest BCUT2D eigenvalue weighted by molar-refractivity contribution is 0.318. The van der Waals surface area contributed by atoms with Crippen molar-refractivity contribution in [2.24, 2.45) is 10.9 Å². The van der Waals surface area contributed by atoms with Gasteiger partial charge in [-0.15, -0.1) is 0 Å². The van der Waals surface area contributed by atoms with Crippen LogP contribution in [0.15, 0.2) is 9.52 Å². The Morgan fingerprint density at radius 2 is 2.10 bits per heavy atom. The first-order chi connectivity index (χ1) is 9.49. The van der Waals surface area contributed by atoms with Crippen LogP contribution in [0.1, 0.15) is 52.3 Å². The maximum atomic E-state index is 5.26. The molecule has 0 amide bonds. The van der Waals surface area contributed by atoms with Crippen molar-refractivity contribution in [1.29, 1.82) is 0 Å². The van der Waals surface area contributed by atoms with Gasteiger partial charge in [-0.1, -0.05) is 25.9 Å². The average molecular weight is 279 g/mol. The maximum absolute atomic E-state index is 5.26. The molecule has 20 heavy (non-hydrogen) atoms. The number of rotatable bonds is 5. The van der Waals surface area contributed by atoms with Crippen LogP contribution in [0.25, 0.3) is 0 Å². The molecular weight excluding hydrogens is 254 g/mol. The third kappa shape index (κ3) is 4.51. The Bertz CT molecular complexity index is 456. The highest BCUT2D eigenvalue weighted by molar-refractivity contribution is 5.79. The first-order valence-electron chi connectivity index (χ1n) is 7.34. The fourth-order valence-electron chi connectivity index (χ4n) is 1.68. The summed E-state index contributed by atoms with van der Waals surface area (Å²) in [7, 11) is 0. The van der Waals surface area contributed by atoms with Gasteiger partial charge in [-0.25, -0.2) is 4.99 Å². The Hall–Kier alpha value is -1.59. The summed E-state index contributed by atoms with van der Waals surface area (Å²) in [6.07, 6.45) is 2.65. The largest absolute Gasteiger partial charge is 0.357 e. The lowest BCUT2D eigenvalue weighted by atomic mass is 9.97. The summed E-state index contributed by atoms with van der Waals surface area (Å²) in [5.74, 6) is 2.91. The Balaban J connectivity index is 1.91. The normalized spacial score (nSPS) is 16.3. The molecule has 1 aromatic heterocycles. The van der Waals surface area contributed by atoms with Crippen molar-refractivity contribution in [3.63, 3.8) is 0 Å². The second-order valence-electron chi connectivity index (χ2n) is 6.29. The number of aliphatic imine (C=N–C) groups is 1. The van der Waals surface area contributed by atoms with Gasteiger partial charge in [0.1, 0.15) is 6.54 Å². The molecule has 0 atom stereocenters. The van der Waals surface area contributed by atoms with Gasteiger partial charge in [0.25, 0.3) is 0 Å². The Kier molecular flexibility index (Phi) is 4.62. The van der Waals surface area contributed by atoms with E-state index in [4.69, 9.17) is 4.52 Å². The van der Waals surface area contributed by atoms with Crippen LogP contribution in [0.5, 0.6) is 0 Å². The van der Waals surface area contributed by atoms with Crippen LogP contribution in [-0.4, -0.2) is 29.2 Å². The molecule has 2 rings (SSSR count). The molecule has 0 aromatic carbocycles. The molecule has 1 aliphatic rings. The zero-order chi connectivity index (χ0) is 14.6. The average Bonchev–Trinajstić information content (AvgIpc) is 3.07. The first kappa shape index (κ1) is 14.8. The topological polar surface area (TPSA) is 75.3 Å². The van der Waals surface area contributed by atoms with E-state index in [0.29, 0.717) is 18.3 Å². The summed E-state index contributed by atoms with van der Waals surface area (Å²) in [4.78, 5) is 8.87. The van der Waals surface area contributed by atoms with Gasteiger partial charge >= 0.3 is 0 Å². The smallest absolute Gasteiger partial charge is 0.232 e. The minimum atomic E-state index is -0.121. The van der Waals surface area contributed by atoms with E-state index in [9.17, 15) is 0 Å². The monoisotopic (exact) mass is 279 g/mol. The van der Waals surface area contributed by atoms with Crippen LogP contribution < -0.4 is 10.6 Å². The molecule has 112 valence electrons. The number of nitrogens with zero attached hydrogens (tertiary/aromatic N) is 3. The lowest BCUT2D eigenvalue weighted by Crippen LogP contribution is -2.38. The SMILES string of the molecule is CCNC(=NCc1noc(C(C)(C)C)n1)NCC1CC1. The number of guanidine groups is 1. The zero-order valence-electron chi connectivity index (χ0n) is 12.9. The van der Waals surface area contributed by atoms with E-state index < -0.39 is 0 Å². The Morgan fingerprint density at radius 3 is 2.65 bits per heavy atom. The highest BCUT2D eigenvalue weighted by Crippen LogP contribution is 2.27. The van der Waals surface area contributed by atoms with E-state index in [1.54, 1.807) is 0 Å². The van der Waals surface area contributed by atoms with Gasteiger partial charge in [-0.2, -0.15) is 4.98 Å². The molecule has 0 bridgehead atoms. The number of hydrogen-bond donors (Lipinski definition) is 2. The van der Waals surface area contributed by atoms with Gasteiger partial charge in [-0.3, -0.25) is 0 Å². The predicted molar refractivity (Wildman–Crippen MR) is 78.5 cm³/mol. The number of aromatic nitrogens is 2. The summed E-state index contributed by atoms with van der Waals surface area (Å²) in [6.45, 7) is 10.5. The third-order valence-electron chi connectivity index (χ3n) is 3.09.